The molecule has 1 atom stereocenters. The monoisotopic (exact) mass is 233 g/mol. The molecule has 1 rings (SSSR count). The Balaban J connectivity index is 2.76. The summed E-state index contributed by atoms with van der Waals surface area (Å²) < 4.78 is 0. The van der Waals surface area contributed by atoms with E-state index in [4.69, 9.17) is 0 Å². The highest BCUT2D eigenvalue weighted by atomic mass is 16.1. The second-order valence-corrected chi connectivity index (χ2v) is 4.91. The van der Waals surface area contributed by atoms with E-state index in [0.717, 1.165) is 17.5 Å². The van der Waals surface area contributed by atoms with Gasteiger partial charge < -0.3 is 0 Å². The highest BCUT2D eigenvalue weighted by Gasteiger charge is 2.14. The third kappa shape index (κ3) is 3.67. The SMILES string of the molecule is CCC(C)N(C)CC(=O)c1ccc(C)cc1C. The van der Waals surface area contributed by atoms with Gasteiger partial charge in [-0.1, -0.05) is 30.7 Å². The number of ketones is 1. The van der Waals surface area contributed by atoms with Crippen molar-refractivity contribution in [2.75, 3.05) is 13.6 Å². The summed E-state index contributed by atoms with van der Waals surface area (Å²) in [4.78, 5) is 14.3. The van der Waals surface area contributed by atoms with Crippen LogP contribution in [0.3, 0.4) is 0 Å². The third-order valence-electron chi connectivity index (χ3n) is 3.42. The van der Waals surface area contributed by atoms with Gasteiger partial charge in [0.2, 0.25) is 0 Å². The molecular weight excluding hydrogens is 210 g/mol. The first-order valence-electron chi connectivity index (χ1n) is 6.26. The van der Waals surface area contributed by atoms with Gasteiger partial charge in [0.1, 0.15) is 0 Å². The minimum Gasteiger partial charge on any atom is -0.296 e. The zero-order valence-corrected chi connectivity index (χ0v) is 11.6. The Morgan fingerprint density at radius 2 is 2.00 bits per heavy atom. The lowest BCUT2D eigenvalue weighted by atomic mass is 10.0. The molecule has 0 heterocycles. The first-order chi connectivity index (χ1) is 7.95. The van der Waals surface area contributed by atoms with Gasteiger partial charge in [0.15, 0.2) is 5.78 Å². The van der Waals surface area contributed by atoms with Gasteiger partial charge >= 0.3 is 0 Å². The van der Waals surface area contributed by atoms with Crippen molar-refractivity contribution in [1.29, 1.82) is 0 Å². The number of rotatable bonds is 5. The Morgan fingerprint density at radius 1 is 1.35 bits per heavy atom. The Labute approximate surface area is 105 Å². The van der Waals surface area contributed by atoms with E-state index in [1.165, 1.54) is 5.56 Å². The maximum Gasteiger partial charge on any atom is 0.177 e. The van der Waals surface area contributed by atoms with Crippen LogP contribution in [-0.4, -0.2) is 30.3 Å². The van der Waals surface area contributed by atoms with Crippen molar-refractivity contribution in [2.45, 2.75) is 40.2 Å². The Morgan fingerprint density at radius 3 is 2.53 bits per heavy atom. The summed E-state index contributed by atoms with van der Waals surface area (Å²) in [5, 5.41) is 0. The van der Waals surface area contributed by atoms with Crippen molar-refractivity contribution in [2.24, 2.45) is 0 Å². The van der Waals surface area contributed by atoms with Crippen LogP contribution >= 0.6 is 0 Å². The Bertz CT molecular complexity index is 398. The molecule has 2 nitrogen and oxygen atoms in total. The molecule has 1 unspecified atom stereocenters. The third-order valence-corrected chi connectivity index (χ3v) is 3.42. The van der Waals surface area contributed by atoms with Crippen molar-refractivity contribution < 1.29 is 4.79 Å². The van der Waals surface area contributed by atoms with Crippen LogP contribution < -0.4 is 0 Å². The van der Waals surface area contributed by atoms with Crippen molar-refractivity contribution >= 4 is 5.78 Å². The van der Waals surface area contributed by atoms with Crippen LogP contribution in [0.1, 0.15) is 41.8 Å². The van der Waals surface area contributed by atoms with Crippen LogP contribution in [0.15, 0.2) is 18.2 Å². The molecule has 0 radical (unpaired) electrons. The van der Waals surface area contributed by atoms with Crippen molar-refractivity contribution in [3.8, 4) is 0 Å². The standard InChI is InChI=1S/C15H23NO/c1-6-13(4)16(5)10-15(17)14-8-7-11(2)9-12(14)3/h7-9,13H,6,10H2,1-5H3. The first kappa shape index (κ1) is 13.9. The van der Waals surface area contributed by atoms with Crippen LogP contribution in [0, 0.1) is 13.8 Å². The predicted molar refractivity (Wildman–Crippen MR) is 72.6 cm³/mol. The molecule has 0 saturated heterocycles. The van der Waals surface area contributed by atoms with Crippen molar-refractivity contribution in [3.63, 3.8) is 0 Å². The van der Waals surface area contributed by atoms with Crippen LogP contribution in [0.2, 0.25) is 0 Å². The molecule has 0 N–H and O–H groups in total. The molecule has 0 spiro atoms. The zero-order chi connectivity index (χ0) is 13.0. The molecule has 0 aromatic heterocycles. The van der Waals surface area contributed by atoms with E-state index in [1.807, 2.05) is 33.0 Å². The lowest BCUT2D eigenvalue weighted by Crippen LogP contribution is -2.33. The number of Topliss-reactive ketones (excluding diaryl/α,β-unsaturated/α-hetero) is 1. The molecule has 0 bridgehead atoms. The second kappa shape index (κ2) is 5.97. The van der Waals surface area contributed by atoms with Gasteiger partial charge in [-0.2, -0.15) is 0 Å². The number of nitrogens with zero attached hydrogens (tertiary/aromatic N) is 1. The van der Waals surface area contributed by atoms with Gasteiger partial charge in [-0.25, -0.2) is 0 Å². The quantitative estimate of drug-likeness (QED) is 0.728. The number of aryl methyl sites for hydroxylation is 2. The summed E-state index contributed by atoms with van der Waals surface area (Å²) in [6, 6.07) is 6.46. The normalized spacial score (nSPS) is 12.8. The van der Waals surface area contributed by atoms with Gasteiger partial charge in [-0.3, -0.25) is 9.69 Å². The molecule has 0 amide bonds. The molecule has 0 aliphatic rings. The van der Waals surface area contributed by atoms with Crippen LogP contribution in [0.5, 0.6) is 0 Å². The molecule has 94 valence electrons. The molecule has 0 fully saturated rings. The predicted octanol–water partition coefficient (Wildman–Crippen LogP) is 3.22. The second-order valence-electron chi connectivity index (χ2n) is 4.91. The molecular formula is C15H23NO. The molecule has 1 aromatic carbocycles. The van der Waals surface area contributed by atoms with Crippen LogP contribution in [0.25, 0.3) is 0 Å². The smallest absolute Gasteiger partial charge is 0.177 e. The number of hydrogen-bond donors (Lipinski definition) is 0. The molecule has 0 saturated carbocycles. The van der Waals surface area contributed by atoms with E-state index in [0.29, 0.717) is 12.6 Å². The zero-order valence-electron chi connectivity index (χ0n) is 11.6. The minimum atomic E-state index is 0.213. The number of likely N-dealkylation sites (N-methyl/N-ethyl adjacent to an activating group) is 1. The highest BCUT2D eigenvalue weighted by molar-refractivity contribution is 5.98. The summed E-state index contributed by atoms with van der Waals surface area (Å²) in [6.45, 7) is 8.84. The molecule has 2 heteroatoms. The summed E-state index contributed by atoms with van der Waals surface area (Å²) >= 11 is 0. The van der Waals surface area contributed by atoms with E-state index >= 15 is 0 Å². The van der Waals surface area contributed by atoms with Gasteiger partial charge in [-0.05, 0) is 39.8 Å². The molecule has 17 heavy (non-hydrogen) atoms. The fourth-order valence-corrected chi connectivity index (χ4v) is 1.91. The lowest BCUT2D eigenvalue weighted by Gasteiger charge is -2.22. The molecule has 1 aromatic rings. The lowest BCUT2D eigenvalue weighted by molar-refractivity contribution is 0.0923. The van der Waals surface area contributed by atoms with Crippen molar-refractivity contribution in [1.82, 2.24) is 4.90 Å². The van der Waals surface area contributed by atoms with E-state index in [9.17, 15) is 4.79 Å². The highest BCUT2D eigenvalue weighted by Crippen LogP contribution is 2.12. The van der Waals surface area contributed by atoms with E-state index < -0.39 is 0 Å². The summed E-state index contributed by atoms with van der Waals surface area (Å²) in [5.74, 6) is 0.213. The van der Waals surface area contributed by atoms with E-state index in [1.54, 1.807) is 0 Å². The fraction of sp³-hybridized carbons (Fsp3) is 0.533. The maximum absolute atomic E-state index is 12.2. The number of benzene rings is 1. The van der Waals surface area contributed by atoms with Gasteiger partial charge in [0.05, 0.1) is 6.54 Å². The average molecular weight is 233 g/mol. The molecule has 0 aliphatic heterocycles. The van der Waals surface area contributed by atoms with Gasteiger partial charge in [-0.15, -0.1) is 0 Å². The van der Waals surface area contributed by atoms with E-state index in [-0.39, 0.29) is 5.78 Å². The largest absolute Gasteiger partial charge is 0.296 e. The average Bonchev–Trinajstić information content (AvgIpc) is 2.27. The first-order valence-corrected chi connectivity index (χ1v) is 6.26. The Hall–Kier alpha value is -1.15. The van der Waals surface area contributed by atoms with Crippen LogP contribution in [0.4, 0.5) is 0 Å². The summed E-state index contributed by atoms with van der Waals surface area (Å²) in [7, 11) is 2.01. The number of carbonyl (C=O) groups is 1. The number of carbonyl (C=O) groups excluding carboxylic acids is 1. The summed E-state index contributed by atoms with van der Waals surface area (Å²) in [6.07, 6.45) is 1.07. The van der Waals surface area contributed by atoms with Gasteiger partial charge in [0, 0.05) is 11.6 Å². The van der Waals surface area contributed by atoms with E-state index in [2.05, 4.69) is 24.8 Å². The fourth-order valence-electron chi connectivity index (χ4n) is 1.91. The molecule has 0 aliphatic carbocycles. The Kier molecular flexibility index (Phi) is 4.88. The summed E-state index contributed by atoms with van der Waals surface area (Å²) in [5.41, 5.74) is 3.13. The minimum absolute atomic E-state index is 0.213. The topological polar surface area (TPSA) is 20.3 Å². The van der Waals surface area contributed by atoms with Gasteiger partial charge in [0.25, 0.3) is 0 Å². The maximum atomic E-state index is 12.2. The van der Waals surface area contributed by atoms with Crippen molar-refractivity contribution in [3.05, 3.63) is 34.9 Å². The van der Waals surface area contributed by atoms with Crippen LogP contribution in [-0.2, 0) is 0 Å². The number of hydrogen-bond acceptors (Lipinski definition) is 2.